The van der Waals surface area contributed by atoms with Crippen LogP contribution in [0.3, 0.4) is 0 Å². The lowest BCUT2D eigenvalue weighted by Gasteiger charge is -2.61. The van der Waals surface area contributed by atoms with Gasteiger partial charge in [-0.05, 0) is 220 Å². The van der Waals surface area contributed by atoms with E-state index in [2.05, 4.69) is 181 Å². The van der Waals surface area contributed by atoms with Crippen molar-refractivity contribution < 1.29 is 0 Å². The van der Waals surface area contributed by atoms with Crippen LogP contribution in [0.4, 0.5) is 17.1 Å². The number of rotatable bonds is 5. The van der Waals surface area contributed by atoms with Gasteiger partial charge in [0.2, 0.25) is 0 Å². The molecule has 1 nitrogen and oxygen atoms in total. The van der Waals surface area contributed by atoms with E-state index in [0.29, 0.717) is 0 Å². The van der Waals surface area contributed by atoms with Crippen molar-refractivity contribution in [1.29, 1.82) is 0 Å². The van der Waals surface area contributed by atoms with Crippen molar-refractivity contribution in [2.24, 2.45) is 47.3 Å². The summed E-state index contributed by atoms with van der Waals surface area (Å²) in [5.41, 5.74) is 21.5. The molecular formula is C66H57N. The molecule has 8 bridgehead atoms. The Hall–Kier alpha value is -6.18. The molecule has 8 saturated carbocycles. The molecule has 2 spiro atoms. The molecule has 0 saturated heterocycles. The Morgan fingerprint density at radius 2 is 0.746 bits per heavy atom. The van der Waals surface area contributed by atoms with E-state index in [-0.39, 0.29) is 10.8 Å². The van der Waals surface area contributed by atoms with Crippen molar-refractivity contribution in [3.8, 4) is 44.5 Å². The summed E-state index contributed by atoms with van der Waals surface area (Å²) in [5, 5.41) is 2.59. The van der Waals surface area contributed by atoms with Gasteiger partial charge in [0.15, 0.2) is 0 Å². The molecule has 0 N–H and O–H groups in total. The van der Waals surface area contributed by atoms with Crippen LogP contribution in [0, 0.1) is 47.3 Å². The third-order valence-corrected chi connectivity index (χ3v) is 20.0. The molecule has 0 aliphatic heterocycles. The average molecular weight is 864 g/mol. The van der Waals surface area contributed by atoms with Gasteiger partial charge in [-0.2, -0.15) is 0 Å². The Labute approximate surface area is 395 Å². The molecule has 8 fully saturated rings. The van der Waals surface area contributed by atoms with Crippen LogP contribution in [-0.2, 0) is 10.8 Å². The van der Waals surface area contributed by atoms with Crippen molar-refractivity contribution in [3.63, 3.8) is 0 Å². The molecule has 0 heterocycles. The van der Waals surface area contributed by atoms with Gasteiger partial charge in [0, 0.05) is 27.6 Å². The molecule has 1 heteroatoms. The third kappa shape index (κ3) is 5.01. The summed E-state index contributed by atoms with van der Waals surface area (Å²) in [6, 6.07) is 68.8. The molecule has 0 atom stereocenters. The van der Waals surface area contributed by atoms with Crippen LogP contribution in [0.5, 0.6) is 0 Å². The predicted octanol–water partition coefficient (Wildman–Crippen LogP) is 17.1. The number of hydrogen-bond acceptors (Lipinski definition) is 1. The summed E-state index contributed by atoms with van der Waals surface area (Å²) in [6.07, 6.45) is 14.2. The normalized spacial score (nSPS) is 30.5. The van der Waals surface area contributed by atoms with E-state index in [0.717, 1.165) is 47.3 Å². The number of fused-ring (bicyclic) bond motifs is 7. The quantitative estimate of drug-likeness (QED) is 0.167. The third-order valence-electron chi connectivity index (χ3n) is 20.0. The lowest BCUT2D eigenvalue weighted by molar-refractivity contribution is -0.0399. The molecule has 326 valence electrons. The van der Waals surface area contributed by atoms with Gasteiger partial charge in [-0.3, -0.25) is 0 Å². The fourth-order valence-electron chi connectivity index (χ4n) is 18.2. The molecule has 8 aromatic rings. The molecule has 0 radical (unpaired) electrons. The fraction of sp³-hybridized carbons (Fsp3) is 0.303. The largest absolute Gasteiger partial charge is 0.310 e. The van der Waals surface area contributed by atoms with Crippen LogP contribution >= 0.6 is 0 Å². The highest BCUT2D eigenvalue weighted by Gasteiger charge is 2.63. The molecule has 67 heavy (non-hydrogen) atoms. The van der Waals surface area contributed by atoms with Crippen LogP contribution in [0.1, 0.15) is 86.5 Å². The lowest BCUT2D eigenvalue weighted by atomic mass is 9.43. The van der Waals surface area contributed by atoms with Crippen LogP contribution in [0.15, 0.2) is 176 Å². The van der Waals surface area contributed by atoms with E-state index < -0.39 is 0 Å². The first-order chi connectivity index (χ1) is 33.1. The maximum absolute atomic E-state index is 2.59. The molecule has 10 aliphatic rings. The zero-order chi connectivity index (χ0) is 43.6. The number of anilines is 3. The van der Waals surface area contributed by atoms with Gasteiger partial charge in [-0.15, -0.1) is 0 Å². The summed E-state index contributed by atoms with van der Waals surface area (Å²) < 4.78 is 0. The first-order valence-electron chi connectivity index (χ1n) is 26.1. The average Bonchev–Trinajstić information content (AvgIpc) is 3.83. The van der Waals surface area contributed by atoms with Crippen LogP contribution in [-0.4, -0.2) is 0 Å². The minimum Gasteiger partial charge on any atom is -0.310 e. The van der Waals surface area contributed by atoms with Crippen LogP contribution in [0.25, 0.3) is 55.3 Å². The highest BCUT2D eigenvalue weighted by molar-refractivity contribution is 6.07. The second-order valence-electron chi connectivity index (χ2n) is 22.9. The first-order valence-corrected chi connectivity index (χ1v) is 26.1. The summed E-state index contributed by atoms with van der Waals surface area (Å²) in [5.74, 6) is 6.80. The molecule has 8 aromatic carbocycles. The number of benzene rings is 8. The maximum Gasteiger partial charge on any atom is 0.0540 e. The van der Waals surface area contributed by atoms with Crippen LogP contribution in [0.2, 0.25) is 0 Å². The fourth-order valence-corrected chi connectivity index (χ4v) is 18.2. The van der Waals surface area contributed by atoms with E-state index in [4.69, 9.17) is 0 Å². The van der Waals surface area contributed by atoms with E-state index in [1.165, 1.54) is 137 Å². The van der Waals surface area contributed by atoms with E-state index in [1.54, 1.807) is 22.3 Å². The van der Waals surface area contributed by atoms with Gasteiger partial charge in [0.1, 0.15) is 0 Å². The van der Waals surface area contributed by atoms with Gasteiger partial charge >= 0.3 is 0 Å². The van der Waals surface area contributed by atoms with Gasteiger partial charge in [0.25, 0.3) is 0 Å². The second-order valence-corrected chi connectivity index (χ2v) is 22.9. The maximum atomic E-state index is 2.59. The lowest BCUT2D eigenvalue weighted by Crippen LogP contribution is -2.55. The van der Waals surface area contributed by atoms with Gasteiger partial charge in [0.05, 0.1) is 5.69 Å². The summed E-state index contributed by atoms with van der Waals surface area (Å²) in [4.78, 5) is 2.57. The summed E-state index contributed by atoms with van der Waals surface area (Å²) in [6.45, 7) is 0. The van der Waals surface area contributed by atoms with Crippen molar-refractivity contribution in [1.82, 2.24) is 0 Å². The topological polar surface area (TPSA) is 3.24 Å². The molecule has 18 rings (SSSR count). The molecule has 0 aromatic heterocycles. The Kier molecular flexibility index (Phi) is 7.75. The van der Waals surface area contributed by atoms with Crippen LogP contribution < -0.4 is 4.90 Å². The van der Waals surface area contributed by atoms with Gasteiger partial charge in [-0.1, -0.05) is 140 Å². The van der Waals surface area contributed by atoms with Crippen molar-refractivity contribution >= 4 is 27.8 Å². The highest BCUT2D eigenvalue weighted by Crippen LogP contribution is 2.71. The molecule has 0 unspecified atom stereocenters. The SMILES string of the molecule is c1ccc(-c2ccc(N(c3ccc4c(c3)-c3ccccc3C43C4CC5CC(C4)CC3C5)c3ccc(-c4ccc5c(c4)-c4ccccc4C54C5CC6CC(C5)CC4C6)c4ccccc34)cc2)cc1. The Bertz CT molecular complexity index is 3280. The number of hydrogen-bond donors (Lipinski definition) is 0. The Morgan fingerprint density at radius 1 is 0.299 bits per heavy atom. The van der Waals surface area contributed by atoms with Gasteiger partial charge in [-0.25, -0.2) is 0 Å². The van der Waals surface area contributed by atoms with Crippen molar-refractivity contribution in [3.05, 3.63) is 198 Å². The smallest absolute Gasteiger partial charge is 0.0540 e. The molecule has 0 amide bonds. The Balaban J connectivity index is 0.858. The summed E-state index contributed by atoms with van der Waals surface area (Å²) >= 11 is 0. The molecular weight excluding hydrogens is 807 g/mol. The van der Waals surface area contributed by atoms with Crippen molar-refractivity contribution in [2.45, 2.75) is 75.0 Å². The zero-order valence-electron chi connectivity index (χ0n) is 38.4. The number of nitrogens with zero attached hydrogens (tertiary/aromatic N) is 1. The molecule has 10 aliphatic carbocycles. The monoisotopic (exact) mass is 863 g/mol. The standard InChI is InChI=1S/C66H57N/c1-2-10-44(11-3-1)45-18-21-51(22-19-45)67(52-23-26-63-59(39-52)56-14-7-9-17-61(56)66(63)49-34-42-29-43(36-49)37-50(66)35-42)64-27-24-53(54-12-4-5-15-57(54)64)46-20-25-62-58(38-46)55-13-6-8-16-60(55)65(62)47-30-40-28-41(32-47)33-48(65)31-40/h1-27,38-43,47-50H,28-37H2. The van der Waals surface area contributed by atoms with E-state index in [1.807, 2.05) is 0 Å². The first kappa shape index (κ1) is 37.9. The highest BCUT2D eigenvalue weighted by atomic mass is 15.1. The Morgan fingerprint density at radius 3 is 1.34 bits per heavy atom. The summed E-state index contributed by atoms with van der Waals surface area (Å²) in [7, 11) is 0. The predicted molar refractivity (Wildman–Crippen MR) is 276 cm³/mol. The van der Waals surface area contributed by atoms with Crippen molar-refractivity contribution in [2.75, 3.05) is 4.90 Å². The second kappa shape index (κ2) is 13.7. The van der Waals surface area contributed by atoms with Gasteiger partial charge < -0.3 is 4.90 Å². The van der Waals surface area contributed by atoms with E-state index in [9.17, 15) is 0 Å². The zero-order valence-corrected chi connectivity index (χ0v) is 38.4. The minimum absolute atomic E-state index is 0.153. The minimum atomic E-state index is 0.153. The van der Waals surface area contributed by atoms with E-state index >= 15 is 0 Å².